The van der Waals surface area contributed by atoms with Crippen LogP contribution in [0.1, 0.15) is 16.7 Å². The van der Waals surface area contributed by atoms with Crippen LogP contribution < -0.4 is 8.64 Å². The van der Waals surface area contributed by atoms with E-state index in [1.165, 1.54) is 32.3 Å². The van der Waals surface area contributed by atoms with Crippen molar-refractivity contribution >= 4 is 45.9 Å². The van der Waals surface area contributed by atoms with Gasteiger partial charge in [-0.15, -0.1) is 0 Å². The van der Waals surface area contributed by atoms with Crippen LogP contribution in [0.3, 0.4) is 0 Å². The minimum absolute atomic E-state index is 0.746. The van der Waals surface area contributed by atoms with E-state index in [0.29, 0.717) is 0 Å². The van der Waals surface area contributed by atoms with E-state index in [4.69, 9.17) is 0 Å². The quantitative estimate of drug-likeness (QED) is 0.767. The van der Waals surface area contributed by atoms with Crippen molar-refractivity contribution in [3.8, 4) is 0 Å². The van der Waals surface area contributed by atoms with Crippen molar-refractivity contribution in [3.63, 3.8) is 0 Å². The van der Waals surface area contributed by atoms with Crippen LogP contribution in [0.4, 0.5) is 8.78 Å². The number of allylic oxidation sites excluding steroid dienone is 1. The molecule has 0 radical (unpaired) electrons. The molecular weight excluding hydrogens is 427 g/mol. The standard InChI is InChI=1S/C19H14F2NS.In/c20-18-9-8-14(10-19(18)21)4-3-7-15-5-1-2-6-16(15)11-17-12-23-13-22-17;/h1-2,6-10,22H,4,12-13H2;. The first kappa shape index (κ1) is 15.1. The number of nitrogens with one attached hydrogen (secondary N) is 1. The minimum atomic E-state index is -2.26. The molecule has 0 aromatic heterocycles. The number of hydrogen-bond acceptors (Lipinski definition) is 2. The zero-order chi connectivity index (χ0) is 16.3. The van der Waals surface area contributed by atoms with Gasteiger partial charge in [0.05, 0.1) is 0 Å². The summed E-state index contributed by atoms with van der Waals surface area (Å²) >= 11 is -0.331. The van der Waals surface area contributed by atoms with Crippen molar-refractivity contribution < 1.29 is 8.78 Å². The van der Waals surface area contributed by atoms with E-state index in [1.54, 1.807) is 12.7 Å². The average Bonchev–Trinajstić information content (AvgIpc) is 3.25. The molecule has 3 heterocycles. The molecule has 118 valence electrons. The molecule has 4 bridgehead atoms. The van der Waals surface area contributed by atoms with Gasteiger partial charge in [0.25, 0.3) is 0 Å². The Labute approximate surface area is 151 Å². The monoisotopic (exact) mass is 441 g/mol. The van der Waals surface area contributed by atoms with Gasteiger partial charge < -0.3 is 0 Å². The molecule has 1 fully saturated rings. The predicted molar refractivity (Wildman–Crippen MR) is 97.2 cm³/mol. The first-order valence-corrected chi connectivity index (χ1v) is 14.1. The van der Waals surface area contributed by atoms with Gasteiger partial charge in [-0.25, -0.2) is 0 Å². The van der Waals surface area contributed by atoms with E-state index in [0.717, 1.165) is 23.6 Å². The van der Waals surface area contributed by atoms with Gasteiger partial charge in [-0.05, 0) is 0 Å². The van der Waals surface area contributed by atoms with Crippen molar-refractivity contribution in [2.45, 2.75) is 6.42 Å². The predicted octanol–water partition coefficient (Wildman–Crippen LogP) is 3.40. The molecule has 0 amide bonds. The van der Waals surface area contributed by atoms with E-state index >= 15 is 0 Å². The Bertz CT molecular complexity index is 927. The molecule has 2 aromatic rings. The van der Waals surface area contributed by atoms with Crippen LogP contribution in [0.5, 0.6) is 0 Å². The molecule has 0 unspecified atom stereocenters. The SMILES string of the molecule is Fc1ccc(C[C]2=Cc3c4ccc[c]3[In]2/[C]4=C2/CSCN2)cc1F. The Hall–Kier alpha value is -1.20. The fourth-order valence-electron chi connectivity index (χ4n) is 4.09. The molecule has 1 nitrogen and oxygen atoms in total. The molecular formula is C19H14F2InNS. The molecule has 24 heavy (non-hydrogen) atoms. The number of thioether (sulfide) groups is 1. The number of rotatable bonds is 2. The fourth-order valence-corrected chi connectivity index (χ4v) is 16.3. The number of hydrogen-bond donors (Lipinski definition) is 1. The van der Waals surface area contributed by atoms with Crippen molar-refractivity contribution in [2.24, 2.45) is 0 Å². The summed E-state index contributed by atoms with van der Waals surface area (Å²) in [5, 5.41) is 3.56. The second kappa shape index (κ2) is 5.67. The van der Waals surface area contributed by atoms with Crippen molar-refractivity contribution in [1.82, 2.24) is 5.32 Å². The Balaban J connectivity index is 1.56. The molecule has 2 aromatic carbocycles. The molecule has 1 saturated heterocycles. The topological polar surface area (TPSA) is 12.0 Å². The summed E-state index contributed by atoms with van der Waals surface area (Å²) in [5.41, 5.74) is 5.11. The van der Waals surface area contributed by atoms with E-state index < -0.39 is 33.1 Å². The summed E-state index contributed by atoms with van der Waals surface area (Å²) in [5.74, 6) is 0.539. The molecule has 5 heteroatoms. The van der Waals surface area contributed by atoms with Gasteiger partial charge in [0.2, 0.25) is 0 Å². The first-order valence-electron chi connectivity index (χ1n) is 8.04. The van der Waals surface area contributed by atoms with Gasteiger partial charge in [0.1, 0.15) is 0 Å². The Morgan fingerprint density at radius 1 is 1.12 bits per heavy atom. The van der Waals surface area contributed by atoms with Gasteiger partial charge in [-0.2, -0.15) is 0 Å². The zero-order valence-corrected chi connectivity index (χ0v) is 17.0. The van der Waals surface area contributed by atoms with Crippen molar-refractivity contribution in [2.75, 3.05) is 11.6 Å². The Morgan fingerprint density at radius 3 is 2.79 bits per heavy atom. The molecule has 5 rings (SSSR count). The summed E-state index contributed by atoms with van der Waals surface area (Å²) < 4.78 is 31.4. The average molecular weight is 441 g/mol. The van der Waals surface area contributed by atoms with E-state index in [9.17, 15) is 8.78 Å². The Kier molecular flexibility index (Phi) is 3.56. The molecule has 3 aliphatic heterocycles. The van der Waals surface area contributed by atoms with Gasteiger partial charge in [-0.3, -0.25) is 0 Å². The Morgan fingerprint density at radius 2 is 2.04 bits per heavy atom. The van der Waals surface area contributed by atoms with Gasteiger partial charge in [0.15, 0.2) is 0 Å². The number of halogens is 2. The van der Waals surface area contributed by atoms with Crippen molar-refractivity contribution in [1.29, 1.82) is 0 Å². The van der Waals surface area contributed by atoms with Crippen LogP contribution >= 0.6 is 11.8 Å². The maximum atomic E-state index is 13.5. The van der Waals surface area contributed by atoms with Crippen LogP contribution in [-0.2, 0) is 6.42 Å². The van der Waals surface area contributed by atoms with Crippen LogP contribution in [0, 0.1) is 11.6 Å². The molecule has 0 spiro atoms. The van der Waals surface area contributed by atoms with E-state index in [1.807, 2.05) is 11.8 Å². The van der Waals surface area contributed by atoms with Crippen LogP contribution in [-0.4, -0.2) is 33.1 Å². The summed E-state index contributed by atoms with van der Waals surface area (Å²) in [6.45, 7) is 0. The van der Waals surface area contributed by atoms with Crippen LogP contribution in [0.25, 0.3) is 9.41 Å². The molecule has 0 saturated carbocycles. The third-order valence-electron chi connectivity index (χ3n) is 5.08. The van der Waals surface area contributed by atoms with Crippen LogP contribution in [0.15, 0.2) is 45.4 Å². The normalized spacial score (nSPS) is 20.6. The summed E-state index contributed by atoms with van der Waals surface area (Å²) in [6.07, 6.45) is 3.08. The second-order valence-corrected chi connectivity index (χ2v) is 15.4. The van der Waals surface area contributed by atoms with Gasteiger partial charge in [0, 0.05) is 0 Å². The van der Waals surface area contributed by atoms with E-state index in [-0.39, 0.29) is 0 Å². The molecule has 0 atom stereocenters. The summed E-state index contributed by atoms with van der Waals surface area (Å²) in [7, 11) is 0. The molecule has 0 aliphatic carbocycles. The third-order valence-corrected chi connectivity index (χ3v) is 15.8. The van der Waals surface area contributed by atoms with Gasteiger partial charge in [-0.1, -0.05) is 0 Å². The van der Waals surface area contributed by atoms with E-state index in [2.05, 4.69) is 29.6 Å². The second-order valence-electron chi connectivity index (χ2n) is 6.45. The zero-order valence-electron chi connectivity index (χ0n) is 12.9. The van der Waals surface area contributed by atoms with Crippen molar-refractivity contribution in [3.05, 3.63) is 73.7 Å². The first-order chi connectivity index (χ1) is 11.7. The molecule has 3 aliphatic rings. The number of benzene rings is 2. The van der Waals surface area contributed by atoms with Crippen LogP contribution in [0.2, 0.25) is 0 Å². The maximum absolute atomic E-state index is 13.5. The molecule has 1 N–H and O–H groups in total. The summed E-state index contributed by atoms with van der Waals surface area (Å²) in [6, 6.07) is 11.0. The summed E-state index contributed by atoms with van der Waals surface area (Å²) in [4.78, 5) is 0. The third kappa shape index (κ3) is 2.21. The van der Waals surface area contributed by atoms with Gasteiger partial charge >= 0.3 is 152 Å². The fraction of sp³-hybridized carbons (Fsp3) is 0.158.